The van der Waals surface area contributed by atoms with Gasteiger partial charge in [0.05, 0.1) is 7.11 Å². The molecule has 0 unspecified atom stereocenters. The van der Waals surface area contributed by atoms with Gasteiger partial charge < -0.3 is 9.47 Å². The van der Waals surface area contributed by atoms with Gasteiger partial charge in [-0.15, -0.1) is 0 Å². The number of carbonyl (C=O) groups excluding carboxylic acids is 1. The van der Waals surface area contributed by atoms with Crippen molar-refractivity contribution in [3.63, 3.8) is 0 Å². The van der Waals surface area contributed by atoms with Crippen molar-refractivity contribution in [1.29, 1.82) is 0 Å². The average Bonchev–Trinajstić information content (AvgIpc) is 2.24. The van der Waals surface area contributed by atoms with Gasteiger partial charge in [0.2, 0.25) is 0 Å². The van der Waals surface area contributed by atoms with Gasteiger partial charge in [0.25, 0.3) is 0 Å². The fourth-order valence-corrected chi connectivity index (χ4v) is 1.17. The smallest absolute Gasteiger partial charge is 0.438 e. The van der Waals surface area contributed by atoms with Crippen molar-refractivity contribution in [2.45, 2.75) is 0 Å². The Morgan fingerprint density at radius 1 is 1.53 bits per heavy atom. The summed E-state index contributed by atoms with van der Waals surface area (Å²) in [5, 5.41) is 0.672. The minimum absolute atomic E-state index is 0.180. The summed E-state index contributed by atoms with van der Waals surface area (Å²) in [4.78, 5) is 10.6. The van der Waals surface area contributed by atoms with Crippen LogP contribution >= 0.6 is 11.6 Å². The van der Waals surface area contributed by atoms with Gasteiger partial charge in [0.1, 0.15) is 6.61 Å². The van der Waals surface area contributed by atoms with Crippen LogP contribution in [-0.4, -0.2) is 19.9 Å². The first-order chi connectivity index (χ1) is 7.22. The lowest BCUT2D eigenvalue weighted by molar-refractivity contribution is 0.0819. The fraction of sp³-hybridized carbons (Fsp3) is 0.182. The number of rotatable bonds is 3. The number of hydrogen-bond donors (Lipinski definition) is 0. The molecule has 3 nitrogen and oxygen atoms in total. The molecule has 0 aliphatic heterocycles. The van der Waals surface area contributed by atoms with Crippen molar-refractivity contribution in [3.8, 4) is 0 Å². The van der Waals surface area contributed by atoms with Crippen LogP contribution in [0.2, 0.25) is 5.02 Å². The Morgan fingerprint density at radius 2 is 2.33 bits per heavy atom. The third-order valence-corrected chi connectivity index (χ3v) is 1.86. The second-order valence-corrected chi connectivity index (χ2v) is 3.16. The maximum atomic E-state index is 10.6. The summed E-state index contributed by atoms with van der Waals surface area (Å²) in [6.07, 6.45) is 2.84. The van der Waals surface area contributed by atoms with Crippen LogP contribution < -0.4 is 0 Å². The van der Waals surface area contributed by atoms with E-state index in [2.05, 4.69) is 9.47 Å². The van der Waals surface area contributed by atoms with E-state index < -0.39 is 6.16 Å². The van der Waals surface area contributed by atoms with Gasteiger partial charge in [-0.05, 0) is 23.8 Å². The topological polar surface area (TPSA) is 35.5 Å². The lowest BCUT2D eigenvalue weighted by Crippen LogP contribution is -2.03. The fourth-order valence-electron chi connectivity index (χ4n) is 0.970. The van der Waals surface area contributed by atoms with Crippen molar-refractivity contribution >= 4 is 23.8 Å². The standard InChI is InChI=1S/C11H11ClO3/c1-14-11(13)15-7-3-5-9-4-2-6-10(12)8-9/h2-6,8H,7H2,1H3/b5-3+. The van der Waals surface area contributed by atoms with Crippen molar-refractivity contribution in [2.75, 3.05) is 13.7 Å². The summed E-state index contributed by atoms with van der Waals surface area (Å²) in [5.41, 5.74) is 0.955. The molecule has 4 heteroatoms. The normalized spacial score (nSPS) is 10.3. The first-order valence-corrected chi connectivity index (χ1v) is 4.73. The lowest BCUT2D eigenvalue weighted by Gasteiger charge is -1.98. The van der Waals surface area contributed by atoms with Gasteiger partial charge in [-0.2, -0.15) is 0 Å². The average molecular weight is 227 g/mol. The number of halogens is 1. The van der Waals surface area contributed by atoms with Crippen molar-refractivity contribution in [1.82, 2.24) is 0 Å². The summed E-state index contributed by atoms with van der Waals surface area (Å²) in [6, 6.07) is 7.36. The van der Waals surface area contributed by atoms with E-state index in [1.165, 1.54) is 7.11 Å². The molecule has 1 rings (SSSR count). The van der Waals surface area contributed by atoms with Crippen LogP contribution in [0.5, 0.6) is 0 Å². The Labute approximate surface area is 93.3 Å². The molecule has 0 atom stereocenters. The molecule has 0 saturated heterocycles. The molecule has 0 amide bonds. The van der Waals surface area contributed by atoms with Crippen molar-refractivity contribution < 1.29 is 14.3 Å². The molecule has 0 heterocycles. The van der Waals surface area contributed by atoms with Crippen molar-refractivity contribution in [3.05, 3.63) is 40.9 Å². The van der Waals surface area contributed by atoms with E-state index in [9.17, 15) is 4.79 Å². The van der Waals surface area contributed by atoms with Crippen LogP contribution in [-0.2, 0) is 9.47 Å². The predicted molar refractivity (Wildman–Crippen MR) is 58.8 cm³/mol. The monoisotopic (exact) mass is 226 g/mol. The summed E-state index contributed by atoms with van der Waals surface area (Å²) in [6.45, 7) is 0.180. The molecule has 0 N–H and O–H groups in total. The summed E-state index contributed by atoms with van der Waals surface area (Å²) < 4.78 is 8.97. The molecule has 0 aliphatic rings. The maximum absolute atomic E-state index is 10.6. The van der Waals surface area contributed by atoms with Crippen LogP contribution in [0.4, 0.5) is 4.79 Å². The summed E-state index contributed by atoms with van der Waals surface area (Å²) in [7, 11) is 1.27. The van der Waals surface area contributed by atoms with Gasteiger partial charge in [-0.25, -0.2) is 4.79 Å². The zero-order valence-corrected chi connectivity index (χ0v) is 9.03. The van der Waals surface area contributed by atoms with Crippen LogP contribution in [0.15, 0.2) is 30.3 Å². The van der Waals surface area contributed by atoms with Crippen LogP contribution in [0.1, 0.15) is 5.56 Å². The molecule has 0 aliphatic carbocycles. The van der Waals surface area contributed by atoms with Gasteiger partial charge in [0, 0.05) is 5.02 Å². The van der Waals surface area contributed by atoms with Gasteiger partial charge in [-0.3, -0.25) is 0 Å². The first kappa shape index (κ1) is 11.6. The van der Waals surface area contributed by atoms with Crippen molar-refractivity contribution in [2.24, 2.45) is 0 Å². The second-order valence-electron chi connectivity index (χ2n) is 2.72. The highest BCUT2D eigenvalue weighted by atomic mass is 35.5. The molecule has 0 spiro atoms. The van der Waals surface area contributed by atoms with Crippen LogP contribution in [0, 0.1) is 0 Å². The Kier molecular flexibility index (Phi) is 4.71. The maximum Gasteiger partial charge on any atom is 0.508 e. The minimum atomic E-state index is -0.689. The quantitative estimate of drug-likeness (QED) is 0.743. The molecule has 0 fully saturated rings. The molecular weight excluding hydrogens is 216 g/mol. The van der Waals surface area contributed by atoms with Gasteiger partial charge in [-0.1, -0.05) is 29.8 Å². The Balaban J connectivity index is 2.41. The van der Waals surface area contributed by atoms with E-state index in [-0.39, 0.29) is 6.61 Å². The Bertz CT molecular complexity index is 361. The highest BCUT2D eigenvalue weighted by Gasteiger charge is 1.95. The highest BCUT2D eigenvalue weighted by Crippen LogP contribution is 2.11. The van der Waals surface area contributed by atoms with E-state index in [1.54, 1.807) is 12.1 Å². The first-order valence-electron chi connectivity index (χ1n) is 4.35. The molecular formula is C11H11ClO3. The third-order valence-electron chi connectivity index (χ3n) is 1.62. The third kappa shape index (κ3) is 4.51. The van der Waals surface area contributed by atoms with E-state index in [0.29, 0.717) is 5.02 Å². The zero-order valence-electron chi connectivity index (χ0n) is 8.27. The number of hydrogen-bond acceptors (Lipinski definition) is 3. The molecule has 1 aromatic carbocycles. The largest absolute Gasteiger partial charge is 0.508 e. The highest BCUT2D eigenvalue weighted by molar-refractivity contribution is 6.30. The van der Waals surface area contributed by atoms with E-state index in [1.807, 2.05) is 24.3 Å². The van der Waals surface area contributed by atoms with E-state index >= 15 is 0 Å². The van der Waals surface area contributed by atoms with E-state index in [4.69, 9.17) is 11.6 Å². The number of methoxy groups -OCH3 is 1. The molecule has 0 saturated carbocycles. The number of benzene rings is 1. The molecule has 80 valence electrons. The second kappa shape index (κ2) is 6.09. The number of ether oxygens (including phenoxy) is 2. The molecule has 1 aromatic rings. The molecule has 0 aromatic heterocycles. The van der Waals surface area contributed by atoms with E-state index in [0.717, 1.165) is 5.56 Å². The molecule has 0 bridgehead atoms. The van der Waals surface area contributed by atoms with Gasteiger partial charge >= 0.3 is 6.16 Å². The minimum Gasteiger partial charge on any atom is -0.438 e. The number of carbonyl (C=O) groups is 1. The zero-order chi connectivity index (χ0) is 11.1. The van der Waals surface area contributed by atoms with Crippen LogP contribution in [0.3, 0.4) is 0 Å². The van der Waals surface area contributed by atoms with Crippen LogP contribution in [0.25, 0.3) is 6.08 Å². The van der Waals surface area contributed by atoms with Gasteiger partial charge in [0.15, 0.2) is 0 Å². The predicted octanol–water partition coefficient (Wildman–Crippen LogP) is 3.14. The Morgan fingerprint density at radius 3 is 3.00 bits per heavy atom. The summed E-state index contributed by atoms with van der Waals surface area (Å²) >= 11 is 5.79. The lowest BCUT2D eigenvalue weighted by atomic mass is 10.2. The SMILES string of the molecule is COC(=O)OC/C=C/c1cccc(Cl)c1. The molecule has 0 radical (unpaired) electrons. The summed E-state index contributed by atoms with van der Waals surface area (Å²) in [5.74, 6) is 0. The molecule has 15 heavy (non-hydrogen) atoms. The Hall–Kier alpha value is -1.48.